The summed E-state index contributed by atoms with van der Waals surface area (Å²) >= 11 is 5.89. The van der Waals surface area contributed by atoms with E-state index in [1.807, 2.05) is 12.1 Å². The summed E-state index contributed by atoms with van der Waals surface area (Å²) in [5.74, 6) is 0.593. The van der Waals surface area contributed by atoms with Gasteiger partial charge in [-0.1, -0.05) is 17.7 Å². The maximum Gasteiger partial charge on any atom is 0.271 e. The Labute approximate surface area is 124 Å². The molecular formula is C15H12ClN3O2. The topological polar surface area (TPSA) is 73.7 Å². The SMILES string of the molecule is O=c1[nH][nH]c(=COc2cccc(Cl)c2)c1=Cc1ccc[nH]1. The van der Waals surface area contributed by atoms with Crippen molar-refractivity contribution in [3.63, 3.8) is 0 Å². The summed E-state index contributed by atoms with van der Waals surface area (Å²) in [7, 11) is 0. The van der Waals surface area contributed by atoms with Gasteiger partial charge < -0.3 is 9.72 Å². The number of nitrogens with one attached hydrogen (secondary N) is 3. The summed E-state index contributed by atoms with van der Waals surface area (Å²) in [6.07, 6.45) is 5.00. The first-order chi connectivity index (χ1) is 10.2. The van der Waals surface area contributed by atoms with Crippen molar-refractivity contribution in [2.75, 3.05) is 0 Å². The maximum atomic E-state index is 11.8. The molecule has 3 rings (SSSR count). The smallest absolute Gasteiger partial charge is 0.271 e. The van der Waals surface area contributed by atoms with Crippen LogP contribution in [-0.2, 0) is 0 Å². The van der Waals surface area contributed by atoms with E-state index in [4.69, 9.17) is 16.3 Å². The first-order valence-electron chi connectivity index (χ1n) is 6.26. The third-order valence-corrected chi connectivity index (χ3v) is 3.11. The van der Waals surface area contributed by atoms with Crippen LogP contribution >= 0.6 is 11.6 Å². The molecule has 5 nitrogen and oxygen atoms in total. The molecule has 6 heteroatoms. The predicted octanol–water partition coefficient (Wildman–Crippen LogP) is 1.33. The molecule has 0 atom stereocenters. The zero-order valence-corrected chi connectivity index (χ0v) is 11.6. The zero-order valence-electron chi connectivity index (χ0n) is 10.9. The van der Waals surface area contributed by atoms with Crippen LogP contribution in [0.4, 0.5) is 0 Å². The molecule has 21 heavy (non-hydrogen) atoms. The number of H-pyrrole nitrogens is 3. The Morgan fingerprint density at radius 2 is 2.05 bits per heavy atom. The van der Waals surface area contributed by atoms with E-state index in [2.05, 4.69) is 15.2 Å². The number of halogens is 1. The maximum absolute atomic E-state index is 11.8. The third kappa shape index (κ3) is 3.09. The number of benzene rings is 1. The molecular weight excluding hydrogens is 290 g/mol. The number of hydrogen-bond acceptors (Lipinski definition) is 2. The van der Waals surface area contributed by atoms with Crippen molar-refractivity contribution in [2.24, 2.45) is 0 Å². The van der Waals surface area contributed by atoms with Gasteiger partial charge in [-0.2, -0.15) is 0 Å². The van der Waals surface area contributed by atoms with Crippen molar-refractivity contribution < 1.29 is 4.74 Å². The van der Waals surface area contributed by atoms with Crippen molar-refractivity contribution in [1.29, 1.82) is 0 Å². The normalized spacial score (nSPS) is 12.8. The van der Waals surface area contributed by atoms with Crippen LogP contribution in [0.25, 0.3) is 12.3 Å². The molecule has 0 bridgehead atoms. The Bertz CT molecular complexity index is 907. The minimum atomic E-state index is -0.217. The molecule has 3 N–H and O–H groups in total. The molecule has 3 aromatic rings. The largest absolute Gasteiger partial charge is 0.463 e. The summed E-state index contributed by atoms with van der Waals surface area (Å²) in [6, 6.07) is 10.7. The highest BCUT2D eigenvalue weighted by Gasteiger charge is 1.98. The molecule has 0 saturated carbocycles. The molecule has 106 valence electrons. The molecule has 2 heterocycles. The highest BCUT2D eigenvalue weighted by Crippen LogP contribution is 2.16. The van der Waals surface area contributed by atoms with E-state index in [1.165, 1.54) is 6.26 Å². The minimum Gasteiger partial charge on any atom is -0.463 e. The quantitative estimate of drug-likeness (QED) is 0.683. The Morgan fingerprint density at radius 1 is 1.14 bits per heavy atom. The molecule has 0 aliphatic heterocycles. The van der Waals surface area contributed by atoms with E-state index < -0.39 is 0 Å². The van der Waals surface area contributed by atoms with Gasteiger partial charge in [0.2, 0.25) is 0 Å². The minimum absolute atomic E-state index is 0.217. The number of aromatic amines is 3. The molecule has 0 unspecified atom stereocenters. The molecule has 2 aromatic heterocycles. The summed E-state index contributed by atoms with van der Waals surface area (Å²) in [5.41, 5.74) is 0.614. The van der Waals surface area contributed by atoms with Gasteiger partial charge in [0.1, 0.15) is 17.4 Å². The van der Waals surface area contributed by atoms with E-state index in [9.17, 15) is 4.79 Å². The average molecular weight is 302 g/mol. The van der Waals surface area contributed by atoms with Crippen LogP contribution in [0.5, 0.6) is 5.75 Å². The summed E-state index contributed by atoms with van der Waals surface area (Å²) < 4.78 is 5.52. The Balaban J connectivity index is 2.00. The molecule has 0 radical (unpaired) electrons. The molecule has 0 aliphatic rings. The Kier molecular flexibility index (Phi) is 3.66. The number of ether oxygens (including phenoxy) is 1. The highest BCUT2D eigenvalue weighted by molar-refractivity contribution is 6.30. The fourth-order valence-electron chi connectivity index (χ4n) is 1.87. The first-order valence-corrected chi connectivity index (χ1v) is 6.64. The second-order valence-corrected chi connectivity index (χ2v) is 4.81. The van der Waals surface area contributed by atoms with Crippen LogP contribution < -0.4 is 20.9 Å². The lowest BCUT2D eigenvalue weighted by molar-refractivity contribution is 0.537. The second kappa shape index (κ2) is 5.76. The standard InChI is InChI=1S/C15H12ClN3O2/c16-10-3-1-5-12(7-10)21-9-14-13(15(20)19-18-14)8-11-4-2-6-17-11/h1-9,17-18H,(H,19,20). The molecule has 0 amide bonds. The van der Waals surface area contributed by atoms with Crippen LogP contribution in [0.3, 0.4) is 0 Å². The Hall–Kier alpha value is -2.66. The van der Waals surface area contributed by atoms with Crippen LogP contribution in [0.1, 0.15) is 5.69 Å². The van der Waals surface area contributed by atoms with Crippen molar-refractivity contribution in [1.82, 2.24) is 15.2 Å². The van der Waals surface area contributed by atoms with Crippen molar-refractivity contribution >= 4 is 23.9 Å². The van der Waals surface area contributed by atoms with Crippen molar-refractivity contribution in [2.45, 2.75) is 0 Å². The number of rotatable bonds is 3. The van der Waals surface area contributed by atoms with Gasteiger partial charge in [0.15, 0.2) is 0 Å². The van der Waals surface area contributed by atoms with Crippen LogP contribution in [0.2, 0.25) is 5.02 Å². The summed E-state index contributed by atoms with van der Waals surface area (Å²) in [6.45, 7) is 0. The molecule has 0 fully saturated rings. The lowest BCUT2D eigenvalue weighted by atomic mass is 10.3. The number of hydrogen-bond donors (Lipinski definition) is 3. The number of aromatic nitrogens is 3. The zero-order chi connectivity index (χ0) is 14.7. The van der Waals surface area contributed by atoms with Gasteiger partial charge in [-0.25, -0.2) is 0 Å². The van der Waals surface area contributed by atoms with Crippen LogP contribution in [-0.4, -0.2) is 15.2 Å². The van der Waals surface area contributed by atoms with Gasteiger partial charge in [0.25, 0.3) is 5.56 Å². The second-order valence-electron chi connectivity index (χ2n) is 4.37. The summed E-state index contributed by atoms with van der Waals surface area (Å²) in [4.78, 5) is 14.8. The monoisotopic (exact) mass is 301 g/mol. The van der Waals surface area contributed by atoms with Crippen molar-refractivity contribution in [3.05, 3.63) is 74.2 Å². The van der Waals surface area contributed by atoms with Crippen LogP contribution in [0, 0.1) is 0 Å². The summed E-state index contributed by atoms with van der Waals surface area (Å²) in [5, 5.41) is 6.93. The highest BCUT2D eigenvalue weighted by atomic mass is 35.5. The van der Waals surface area contributed by atoms with E-state index >= 15 is 0 Å². The molecule has 1 aromatic carbocycles. The van der Waals surface area contributed by atoms with E-state index in [0.717, 1.165) is 5.69 Å². The molecule has 0 saturated heterocycles. The average Bonchev–Trinajstić information content (AvgIpc) is 3.09. The first kappa shape index (κ1) is 13.3. The molecule has 0 aliphatic carbocycles. The predicted molar refractivity (Wildman–Crippen MR) is 81.6 cm³/mol. The van der Waals surface area contributed by atoms with Crippen LogP contribution in [0.15, 0.2) is 47.4 Å². The van der Waals surface area contributed by atoms with Gasteiger partial charge in [0.05, 0.1) is 5.22 Å². The fraction of sp³-hybridized carbons (Fsp3) is 0. The fourth-order valence-corrected chi connectivity index (χ4v) is 2.05. The van der Waals surface area contributed by atoms with Crippen molar-refractivity contribution in [3.8, 4) is 5.75 Å². The van der Waals surface area contributed by atoms with Gasteiger partial charge in [0, 0.05) is 16.9 Å². The van der Waals surface area contributed by atoms with Gasteiger partial charge in [-0.3, -0.25) is 15.0 Å². The van der Waals surface area contributed by atoms with Gasteiger partial charge >= 0.3 is 0 Å². The lowest BCUT2D eigenvalue weighted by Gasteiger charge is -1.98. The molecule has 0 spiro atoms. The lowest BCUT2D eigenvalue weighted by Crippen LogP contribution is -2.33. The van der Waals surface area contributed by atoms with Gasteiger partial charge in [-0.15, -0.1) is 0 Å². The van der Waals surface area contributed by atoms with E-state index in [-0.39, 0.29) is 5.56 Å². The van der Waals surface area contributed by atoms with E-state index in [0.29, 0.717) is 21.3 Å². The van der Waals surface area contributed by atoms with E-state index in [1.54, 1.807) is 36.5 Å². The van der Waals surface area contributed by atoms with Gasteiger partial charge in [-0.05, 0) is 36.4 Å². The Morgan fingerprint density at radius 3 is 2.81 bits per heavy atom. The third-order valence-electron chi connectivity index (χ3n) is 2.88.